The molecule has 0 radical (unpaired) electrons. The van der Waals surface area contributed by atoms with E-state index in [0.717, 1.165) is 51.7 Å². The van der Waals surface area contributed by atoms with Crippen LogP contribution in [-0.4, -0.2) is 43.8 Å². The van der Waals surface area contributed by atoms with E-state index in [4.69, 9.17) is 14.8 Å². The molecule has 10 heteroatoms. The Kier molecular flexibility index (Phi) is 8.67. The van der Waals surface area contributed by atoms with Crippen LogP contribution in [0.5, 0.6) is 0 Å². The molecule has 2 saturated carbocycles. The molecule has 4 heterocycles. The van der Waals surface area contributed by atoms with E-state index in [9.17, 15) is 9.59 Å². The van der Waals surface area contributed by atoms with Crippen LogP contribution in [0.4, 0.5) is 10.9 Å². The summed E-state index contributed by atoms with van der Waals surface area (Å²) < 4.78 is 8.97. The number of ether oxygens (including phenoxy) is 1. The lowest BCUT2D eigenvalue weighted by Crippen LogP contribution is -2.33. The fourth-order valence-electron chi connectivity index (χ4n) is 8.21. The Hall–Kier alpha value is -4.57. The van der Waals surface area contributed by atoms with Crippen molar-refractivity contribution in [3.05, 3.63) is 89.4 Å². The Morgan fingerprint density at radius 2 is 1.88 bits per heavy atom. The van der Waals surface area contributed by atoms with Gasteiger partial charge in [0.2, 0.25) is 0 Å². The second-order valence-electron chi connectivity index (χ2n) is 15.2. The van der Waals surface area contributed by atoms with Gasteiger partial charge >= 0.3 is 5.97 Å². The molecule has 8 rings (SSSR count). The summed E-state index contributed by atoms with van der Waals surface area (Å²) in [5.74, 6) is 2.39. The van der Waals surface area contributed by atoms with Crippen LogP contribution in [0.1, 0.15) is 91.3 Å². The standard InChI is InChI=1S/C40H44N6O3S/c1-40(2,3)49-38(48)36-30(29-21-41-46(23-29)22-28-15-14-25-8-6-10-27(28)20-25)16-17-35(43-36)45-19-18-26-9-7-11-31(32(26)24-45)37(47)44-39-42-33-12-4-5-13-34(33)50-39/h4-5,7,9,11-13,16-17,21,23,25,27-28H,6,8,10,14-15,18-20,22,24H2,1-3H3,(H,42,44,47). The van der Waals surface area contributed by atoms with Crippen LogP contribution in [0.15, 0.2) is 67.0 Å². The Morgan fingerprint density at radius 3 is 2.74 bits per heavy atom. The number of amides is 1. The number of carbonyl (C=O) groups excluding carboxylic acids is 2. The minimum Gasteiger partial charge on any atom is -0.455 e. The quantitative estimate of drug-likeness (QED) is 0.171. The number of thiazole rings is 1. The van der Waals surface area contributed by atoms with E-state index in [2.05, 4.69) is 32.1 Å². The molecule has 2 aliphatic carbocycles. The number of hydrogen-bond donors (Lipinski definition) is 1. The maximum Gasteiger partial charge on any atom is 0.358 e. The summed E-state index contributed by atoms with van der Waals surface area (Å²) in [6.45, 7) is 7.71. The Morgan fingerprint density at radius 1 is 1.00 bits per heavy atom. The molecule has 9 nitrogen and oxygen atoms in total. The van der Waals surface area contributed by atoms with Crippen molar-refractivity contribution in [2.45, 2.75) is 84.4 Å². The van der Waals surface area contributed by atoms with Gasteiger partial charge in [0.05, 0.1) is 16.4 Å². The summed E-state index contributed by atoms with van der Waals surface area (Å²) in [4.78, 5) is 39.0. The molecule has 1 aliphatic heterocycles. The third-order valence-corrected chi connectivity index (χ3v) is 11.6. The first-order valence-corrected chi connectivity index (χ1v) is 18.8. The summed E-state index contributed by atoms with van der Waals surface area (Å²) in [5.41, 5.74) is 4.74. The van der Waals surface area contributed by atoms with E-state index >= 15 is 0 Å². The molecule has 2 fully saturated rings. The van der Waals surface area contributed by atoms with E-state index in [1.807, 2.05) is 75.5 Å². The number of anilines is 2. The normalized spacial score (nSPS) is 20.4. The molecule has 50 heavy (non-hydrogen) atoms. The third-order valence-electron chi connectivity index (χ3n) is 10.6. The van der Waals surface area contributed by atoms with Gasteiger partial charge in [0.1, 0.15) is 11.4 Å². The zero-order valence-electron chi connectivity index (χ0n) is 29.0. The van der Waals surface area contributed by atoms with Gasteiger partial charge in [-0.05, 0) is 99.2 Å². The van der Waals surface area contributed by atoms with Crippen molar-refractivity contribution in [3.63, 3.8) is 0 Å². The molecule has 1 amide bonds. The summed E-state index contributed by atoms with van der Waals surface area (Å²) in [5, 5.41) is 8.36. The number of pyridine rings is 1. The van der Waals surface area contributed by atoms with Gasteiger partial charge in [-0.1, -0.05) is 61.3 Å². The molecule has 3 aliphatic rings. The largest absolute Gasteiger partial charge is 0.455 e. The van der Waals surface area contributed by atoms with Crippen molar-refractivity contribution >= 4 is 44.4 Å². The lowest BCUT2D eigenvalue weighted by Gasteiger charge is -2.40. The Bertz CT molecular complexity index is 2030. The van der Waals surface area contributed by atoms with Crippen LogP contribution < -0.4 is 10.2 Å². The first-order valence-electron chi connectivity index (χ1n) is 18.0. The molecule has 2 bridgehead atoms. The zero-order valence-corrected chi connectivity index (χ0v) is 29.8. The molecule has 1 N–H and O–H groups in total. The summed E-state index contributed by atoms with van der Waals surface area (Å²) in [6, 6.07) is 17.7. The molecule has 3 atom stereocenters. The number of aromatic nitrogens is 4. The number of fused-ring (bicyclic) bond motifs is 4. The molecule has 0 spiro atoms. The number of rotatable bonds is 7. The molecular formula is C40H44N6O3S. The smallest absolute Gasteiger partial charge is 0.358 e. The number of benzene rings is 2. The van der Waals surface area contributed by atoms with E-state index in [1.165, 1.54) is 49.9 Å². The predicted molar refractivity (Wildman–Crippen MR) is 198 cm³/mol. The van der Waals surface area contributed by atoms with Crippen molar-refractivity contribution in [1.29, 1.82) is 0 Å². The van der Waals surface area contributed by atoms with Crippen LogP contribution >= 0.6 is 11.3 Å². The van der Waals surface area contributed by atoms with Gasteiger partial charge in [0.25, 0.3) is 5.91 Å². The van der Waals surface area contributed by atoms with Gasteiger partial charge in [-0.3, -0.25) is 14.8 Å². The molecule has 5 aromatic rings. The van der Waals surface area contributed by atoms with Gasteiger partial charge in [-0.2, -0.15) is 5.10 Å². The minimum atomic E-state index is -0.676. The average Bonchev–Trinajstić information content (AvgIpc) is 3.75. The number of hydrogen-bond acceptors (Lipinski definition) is 8. The monoisotopic (exact) mass is 688 g/mol. The van der Waals surface area contributed by atoms with Crippen LogP contribution in [0, 0.1) is 17.8 Å². The highest BCUT2D eigenvalue weighted by atomic mass is 32.1. The molecule has 258 valence electrons. The summed E-state index contributed by atoms with van der Waals surface area (Å²) >= 11 is 1.46. The lowest BCUT2D eigenvalue weighted by molar-refractivity contribution is 0.00638. The fourth-order valence-corrected chi connectivity index (χ4v) is 9.07. The number of nitrogens with one attached hydrogen (secondary N) is 1. The van der Waals surface area contributed by atoms with Gasteiger partial charge < -0.3 is 9.64 Å². The Labute approximate surface area is 297 Å². The highest BCUT2D eigenvalue weighted by molar-refractivity contribution is 7.22. The van der Waals surface area contributed by atoms with Gasteiger partial charge in [0, 0.05) is 42.5 Å². The SMILES string of the molecule is CC(C)(C)OC(=O)c1nc(N2CCc3cccc(C(=O)Nc4nc5ccccc5s4)c3C2)ccc1-c1cnn(CC2CCC3CCCC2C3)c1. The number of nitrogens with zero attached hydrogens (tertiary/aromatic N) is 5. The van der Waals surface area contributed by atoms with Crippen LogP contribution in [0.2, 0.25) is 0 Å². The van der Waals surface area contributed by atoms with Gasteiger partial charge in [-0.25, -0.2) is 14.8 Å². The Balaban J connectivity index is 1.05. The number of para-hydroxylation sites is 1. The van der Waals surface area contributed by atoms with E-state index < -0.39 is 11.6 Å². The first kappa shape index (κ1) is 32.6. The van der Waals surface area contributed by atoms with E-state index in [-0.39, 0.29) is 11.6 Å². The first-order chi connectivity index (χ1) is 24.2. The van der Waals surface area contributed by atoms with Crippen molar-refractivity contribution in [3.8, 4) is 11.1 Å². The average molecular weight is 689 g/mol. The summed E-state index contributed by atoms with van der Waals surface area (Å²) in [6.07, 6.45) is 12.7. The molecule has 3 unspecified atom stereocenters. The molecule has 3 aromatic heterocycles. The fraction of sp³-hybridized carbons (Fsp3) is 0.425. The lowest BCUT2D eigenvalue weighted by atomic mass is 9.67. The van der Waals surface area contributed by atoms with Crippen LogP contribution in [0.3, 0.4) is 0 Å². The second kappa shape index (κ2) is 13.3. The van der Waals surface area contributed by atoms with Crippen molar-refractivity contribution in [2.75, 3.05) is 16.8 Å². The van der Waals surface area contributed by atoms with Crippen molar-refractivity contribution in [2.24, 2.45) is 17.8 Å². The van der Waals surface area contributed by atoms with Gasteiger partial charge in [-0.15, -0.1) is 0 Å². The van der Waals surface area contributed by atoms with E-state index in [0.29, 0.717) is 41.1 Å². The minimum absolute atomic E-state index is 0.186. The molecule has 2 aromatic carbocycles. The highest BCUT2D eigenvalue weighted by Crippen LogP contribution is 2.44. The maximum atomic E-state index is 13.7. The van der Waals surface area contributed by atoms with Crippen molar-refractivity contribution in [1.82, 2.24) is 19.7 Å². The predicted octanol–water partition coefficient (Wildman–Crippen LogP) is 8.54. The molecule has 0 saturated heterocycles. The topological polar surface area (TPSA) is 102 Å². The van der Waals surface area contributed by atoms with Crippen LogP contribution in [0.25, 0.3) is 21.3 Å². The number of esters is 1. The molecular weight excluding hydrogens is 645 g/mol. The third kappa shape index (κ3) is 6.77. The highest BCUT2D eigenvalue weighted by Gasteiger charge is 2.34. The van der Waals surface area contributed by atoms with Crippen LogP contribution in [-0.2, 0) is 24.2 Å². The second-order valence-corrected chi connectivity index (χ2v) is 16.2. The maximum absolute atomic E-state index is 13.7. The van der Waals surface area contributed by atoms with Gasteiger partial charge in [0.15, 0.2) is 10.8 Å². The van der Waals surface area contributed by atoms with Crippen molar-refractivity contribution < 1.29 is 14.3 Å². The number of carbonyl (C=O) groups is 2. The summed E-state index contributed by atoms with van der Waals surface area (Å²) in [7, 11) is 0. The van der Waals surface area contributed by atoms with E-state index in [1.54, 1.807) is 0 Å². The zero-order chi connectivity index (χ0) is 34.4.